The van der Waals surface area contributed by atoms with E-state index in [1.165, 1.54) is 19.1 Å². The number of hydrogen-bond donors (Lipinski definition) is 1. The zero-order chi connectivity index (χ0) is 28.3. The highest BCUT2D eigenvalue weighted by Crippen LogP contribution is 2.43. The molecule has 39 heavy (non-hydrogen) atoms. The molecule has 0 aromatic heterocycles. The van der Waals surface area contributed by atoms with Crippen LogP contribution in [0.4, 0.5) is 5.69 Å². The van der Waals surface area contributed by atoms with Gasteiger partial charge in [0.2, 0.25) is 0 Å². The molecule has 8 heteroatoms. The molecule has 0 saturated carbocycles. The molecule has 202 valence electrons. The zero-order valence-corrected chi connectivity index (χ0v) is 22.6. The van der Waals surface area contributed by atoms with Crippen LogP contribution >= 0.6 is 0 Å². The first-order valence-corrected chi connectivity index (χ1v) is 12.5. The molecule has 1 aliphatic heterocycles. The van der Waals surface area contributed by atoms with Crippen molar-refractivity contribution in [3.8, 4) is 11.5 Å². The molecule has 0 bridgehead atoms. The molecule has 8 nitrogen and oxygen atoms in total. The van der Waals surface area contributed by atoms with Gasteiger partial charge < -0.3 is 19.3 Å². The molecule has 1 fully saturated rings. The van der Waals surface area contributed by atoms with E-state index in [1.54, 1.807) is 73.8 Å². The average molecular weight is 530 g/mol. The smallest absolute Gasteiger partial charge is 0.309 e. The second-order valence-electron chi connectivity index (χ2n) is 9.48. The van der Waals surface area contributed by atoms with E-state index in [0.717, 1.165) is 5.56 Å². The lowest BCUT2D eigenvalue weighted by atomic mass is 9.93. The molecule has 3 aromatic carbocycles. The first kappa shape index (κ1) is 27.4. The Morgan fingerprint density at radius 3 is 2.28 bits per heavy atom. The largest absolute Gasteiger partial charge is 0.507 e. The summed E-state index contributed by atoms with van der Waals surface area (Å²) in [6, 6.07) is 18.0. The third-order valence-electron chi connectivity index (χ3n) is 6.77. The highest BCUT2D eigenvalue weighted by molar-refractivity contribution is 6.51. The number of benzene rings is 3. The van der Waals surface area contributed by atoms with Crippen LogP contribution in [0, 0.1) is 0 Å². The monoisotopic (exact) mass is 529 g/mol. The molecule has 0 spiro atoms. The van der Waals surface area contributed by atoms with Crippen molar-refractivity contribution < 1.29 is 33.7 Å². The van der Waals surface area contributed by atoms with Crippen LogP contribution in [0.1, 0.15) is 48.1 Å². The van der Waals surface area contributed by atoms with E-state index >= 15 is 0 Å². The minimum Gasteiger partial charge on any atom is -0.507 e. The summed E-state index contributed by atoms with van der Waals surface area (Å²) in [5.41, 5.74) is 2.95. The predicted octanol–water partition coefficient (Wildman–Crippen LogP) is 5.17. The number of aliphatic hydroxyl groups excluding tert-OH is 1. The lowest BCUT2D eigenvalue weighted by molar-refractivity contribution is -0.139. The fourth-order valence-corrected chi connectivity index (χ4v) is 4.73. The van der Waals surface area contributed by atoms with Crippen molar-refractivity contribution in [3.05, 3.63) is 94.6 Å². The Hall–Kier alpha value is -4.59. The van der Waals surface area contributed by atoms with Gasteiger partial charge in [-0.15, -0.1) is 0 Å². The summed E-state index contributed by atoms with van der Waals surface area (Å²) in [6.45, 7) is 4.00. The van der Waals surface area contributed by atoms with Crippen LogP contribution in [0.2, 0.25) is 0 Å². The zero-order valence-electron chi connectivity index (χ0n) is 22.6. The topological polar surface area (TPSA) is 102 Å². The van der Waals surface area contributed by atoms with Gasteiger partial charge in [0.15, 0.2) is 0 Å². The maximum atomic E-state index is 13.5. The standard InChI is InChI=1S/C31H31NO7/c1-18(2)24-17-21(11-14-25(24)38-4)29(34)27-28(20-7-6-8-23(16-20)37-3)32(31(36)30(27)35)22-12-9-19(10-13-22)15-26(33)39-5/h6-14,16-18,28,34H,15H2,1-5H3/b29-27-. The number of hydrogen-bond acceptors (Lipinski definition) is 7. The molecule has 1 heterocycles. The van der Waals surface area contributed by atoms with Gasteiger partial charge in [0, 0.05) is 11.3 Å². The lowest BCUT2D eigenvalue weighted by Crippen LogP contribution is -2.29. The van der Waals surface area contributed by atoms with Crippen LogP contribution in [0.3, 0.4) is 0 Å². The third-order valence-corrected chi connectivity index (χ3v) is 6.77. The van der Waals surface area contributed by atoms with Gasteiger partial charge in [0.05, 0.1) is 39.4 Å². The number of ether oxygens (including phenoxy) is 3. The SMILES string of the molecule is COC(=O)Cc1ccc(N2C(=O)C(=O)/C(=C(\O)c3ccc(OC)c(C(C)C)c3)C2c2cccc(OC)c2)cc1. The maximum absolute atomic E-state index is 13.5. The Bertz CT molecular complexity index is 1440. The van der Waals surface area contributed by atoms with Gasteiger partial charge in [-0.3, -0.25) is 19.3 Å². The Morgan fingerprint density at radius 1 is 0.949 bits per heavy atom. The van der Waals surface area contributed by atoms with Crippen LogP contribution in [0.5, 0.6) is 11.5 Å². The number of carbonyl (C=O) groups is 3. The molecule has 3 aromatic rings. The molecular formula is C31H31NO7. The second kappa shape index (κ2) is 11.4. The summed E-state index contributed by atoms with van der Waals surface area (Å²) < 4.78 is 15.6. The molecule has 1 unspecified atom stereocenters. The number of aliphatic hydroxyl groups is 1. The Balaban J connectivity index is 1.89. The van der Waals surface area contributed by atoms with Gasteiger partial charge >= 0.3 is 5.97 Å². The number of esters is 1. The molecule has 0 radical (unpaired) electrons. The summed E-state index contributed by atoms with van der Waals surface area (Å²) in [5, 5.41) is 11.5. The fraction of sp³-hybridized carbons (Fsp3) is 0.258. The van der Waals surface area contributed by atoms with E-state index in [2.05, 4.69) is 0 Å². The molecule has 4 rings (SSSR count). The van der Waals surface area contributed by atoms with Gasteiger partial charge in [-0.25, -0.2) is 0 Å². The van der Waals surface area contributed by atoms with E-state index in [0.29, 0.717) is 33.9 Å². The van der Waals surface area contributed by atoms with Crippen LogP contribution in [0.15, 0.2) is 72.3 Å². The van der Waals surface area contributed by atoms with Crippen LogP contribution in [-0.2, 0) is 25.5 Å². The van der Waals surface area contributed by atoms with Gasteiger partial charge in [-0.1, -0.05) is 38.1 Å². The molecule has 1 saturated heterocycles. The van der Waals surface area contributed by atoms with Crippen LogP contribution < -0.4 is 14.4 Å². The maximum Gasteiger partial charge on any atom is 0.309 e. The molecule has 1 aliphatic rings. The summed E-state index contributed by atoms with van der Waals surface area (Å²) in [4.78, 5) is 40.0. The Kier molecular flexibility index (Phi) is 8.04. The number of methoxy groups -OCH3 is 3. The van der Waals surface area contributed by atoms with Crippen molar-refractivity contribution in [3.63, 3.8) is 0 Å². The van der Waals surface area contributed by atoms with E-state index in [4.69, 9.17) is 14.2 Å². The van der Waals surface area contributed by atoms with Crippen molar-refractivity contribution >= 4 is 29.1 Å². The first-order valence-electron chi connectivity index (χ1n) is 12.5. The van der Waals surface area contributed by atoms with E-state index < -0.39 is 17.7 Å². The quantitative estimate of drug-likeness (QED) is 0.186. The van der Waals surface area contributed by atoms with Gasteiger partial charge in [0.1, 0.15) is 17.3 Å². The fourth-order valence-electron chi connectivity index (χ4n) is 4.73. The summed E-state index contributed by atoms with van der Waals surface area (Å²) in [7, 11) is 4.42. The highest BCUT2D eigenvalue weighted by Gasteiger charge is 2.47. The van der Waals surface area contributed by atoms with E-state index in [-0.39, 0.29) is 29.6 Å². The van der Waals surface area contributed by atoms with Gasteiger partial charge in [-0.05, 0) is 65.1 Å². The average Bonchev–Trinajstić information content (AvgIpc) is 3.22. The molecular weight excluding hydrogens is 498 g/mol. The molecule has 1 amide bonds. The summed E-state index contributed by atoms with van der Waals surface area (Å²) in [5.74, 6) is -0.955. The summed E-state index contributed by atoms with van der Waals surface area (Å²) >= 11 is 0. The Morgan fingerprint density at radius 2 is 1.67 bits per heavy atom. The van der Waals surface area contributed by atoms with Crippen LogP contribution in [0.25, 0.3) is 5.76 Å². The highest BCUT2D eigenvalue weighted by atomic mass is 16.5. The van der Waals surface area contributed by atoms with Crippen molar-refractivity contribution in [2.45, 2.75) is 32.2 Å². The van der Waals surface area contributed by atoms with Crippen molar-refractivity contribution in [2.24, 2.45) is 0 Å². The number of nitrogens with zero attached hydrogens (tertiary/aromatic N) is 1. The van der Waals surface area contributed by atoms with Gasteiger partial charge in [-0.2, -0.15) is 0 Å². The van der Waals surface area contributed by atoms with Crippen molar-refractivity contribution in [2.75, 3.05) is 26.2 Å². The lowest BCUT2D eigenvalue weighted by Gasteiger charge is -2.26. The molecule has 1 N–H and O–H groups in total. The van der Waals surface area contributed by atoms with Gasteiger partial charge in [0.25, 0.3) is 11.7 Å². The predicted molar refractivity (Wildman–Crippen MR) is 147 cm³/mol. The normalized spacial score (nSPS) is 16.5. The molecule has 0 aliphatic carbocycles. The second-order valence-corrected chi connectivity index (χ2v) is 9.48. The first-order chi connectivity index (χ1) is 18.7. The van der Waals surface area contributed by atoms with Crippen LogP contribution in [-0.4, -0.2) is 44.1 Å². The number of rotatable bonds is 8. The van der Waals surface area contributed by atoms with E-state index in [1.807, 2.05) is 13.8 Å². The summed E-state index contributed by atoms with van der Waals surface area (Å²) in [6.07, 6.45) is 0.0740. The number of amides is 1. The van der Waals surface area contributed by atoms with E-state index in [9.17, 15) is 19.5 Å². The Labute approximate surface area is 227 Å². The third kappa shape index (κ3) is 5.36. The number of Topliss-reactive ketones (excluding diaryl/α,β-unsaturated/α-hetero) is 1. The number of carbonyl (C=O) groups excluding carboxylic acids is 3. The number of ketones is 1. The minimum absolute atomic E-state index is 0.0354. The number of anilines is 1. The molecule has 1 atom stereocenters. The van der Waals surface area contributed by atoms with Crippen molar-refractivity contribution in [1.82, 2.24) is 0 Å². The van der Waals surface area contributed by atoms with Crippen molar-refractivity contribution in [1.29, 1.82) is 0 Å². The minimum atomic E-state index is -0.920.